The number of hydrogen-bond acceptors (Lipinski definition) is 5. The second kappa shape index (κ2) is 17.0. The molecular formula is C39H51FN5OPS. The van der Waals surface area contributed by atoms with E-state index in [1.54, 1.807) is 6.07 Å². The number of nitrogens with zero attached hydrogens (tertiary/aromatic N) is 3. The van der Waals surface area contributed by atoms with E-state index in [2.05, 4.69) is 69.1 Å². The zero-order chi connectivity index (χ0) is 34.1. The summed E-state index contributed by atoms with van der Waals surface area (Å²) in [7, 11) is 2.34. The molecule has 2 saturated carbocycles. The van der Waals surface area contributed by atoms with Gasteiger partial charge in [-0.15, -0.1) is 21.9 Å². The molecule has 7 rings (SSSR count). The lowest BCUT2D eigenvalue weighted by Gasteiger charge is -2.42. The number of aliphatic imine (C=N–C) groups is 1. The molecule has 2 aliphatic carbocycles. The van der Waals surface area contributed by atoms with E-state index in [1.165, 1.54) is 55.9 Å². The van der Waals surface area contributed by atoms with Gasteiger partial charge in [-0.1, -0.05) is 55.8 Å². The highest BCUT2D eigenvalue weighted by molar-refractivity contribution is 7.80. The second-order valence-electron chi connectivity index (χ2n) is 13.5. The Balaban J connectivity index is 0.000000262. The maximum absolute atomic E-state index is 14.2. The van der Waals surface area contributed by atoms with Gasteiger partial charge in [0.2, 0.25) is 0 Å². The van der Waals surface area contributed by atoms with Crippen molar-refractivity contribution in [1.29, 1.82) is 0 Å². The zero-order valence-electron chi connectivity index (χ0n) is 28.4. The number of carbonyl (C=O) groups excluding carboxylic acids is 1. The SMILES string of the molecule is CCCC1CCCC1=NCCC1(c2ccccc2)CCN(C(=O)c2cc(F)c(P)c(S)c2)CC1.Cc1nc2ccccc2[nH]1.NC1CC1. The summed E-state index contributed by atoms with van der Waals surface area (Å²) in [5.41, 5.74) is 10.5. The van der Waals surface area contributed by atoms with E-state index in [0.717, 1.165) is 49.1 Å². The van der Waals surface area contributed by atoms with Gasteiger partial charge in [-0.25, -0.2) is 9.37 Å². The molecule has 3 aliphatic rings. The summed E-state index contributed by atoms with van der Waals surface area (Å²) in [5.74, 6) is 1.13. The van der Waals surface area contributed by atoms with Gasteiger partial charge < -0.3 is 15.6 Å². The number of nitrogens with two attached hydrogens (primary N) is 1. The van der Waals surface area contributed by atoms with Crippen LogP contribution in [0.3, 0.4) is 0 Å². The number of hydrogen-bond donors (Lipinski definition) is 3. The van der Waals surface area contributed by atoms with Gasteiger partial charge >= 0.3 is 0 Å². The van der Waals surface area contributed by atoms with Crippen molar-refractivity contribution in [2.75, 3.05) is 19.6 Å². The van der Waals surface area contributed by atoms with Gasteiger partial charge in [-0.05, 0) is 100 Å². The van der Waals surface area contributed by atoms with Crippen LogP contribution in [0.1, 0.15) is 92.9 Å². The van der Waals surface area contributed by atoms with Crippen LogP contribution in [0.15, 0.2) is 76.6 Å². The predicted octanol–water partition coefficient (Wildman–Crippen LogP) is 8.20. The van der Waals surface area contributed by atoms with Crippen molar-refractivity contribution >= 4 is 49.8 Å². The van der Waals surface area contributed by atoms with Gasteiger partial charge in [-0.3, -0.25) is 9.79 Å². The summed E-state index contributed by atoms with van der Waals surface area (Å²) in [6.45, 7) is 6.39. The number of carbonyl (C=O) groups is 1. The van der Waals surface area contributed by atoms with Crippen molar-refractivity contribution in [3.05, 3.63) is 89.5 Å². The minimum absolute atomic E-state index is 0.0187. The highest BCUT2D eigenvalue weighted by Crippen LogP contribution is 2.39. The standard InChI is InChI=1S/C28H36FN2OPS.C8H8N2.C3H7N/c1-2-7-20-8-6-11-24(20)30-15-12-28(22-9-4-3-5-10-22)13-16-31(17-14-28)27(32)21-18-23(29)26(33)25(34)19-21;1-6-9-7-4-2-3-5-8(7)10-6;4-3-1-2-3/h3-5,9-10,18-20,34H,2,6-8,11-17,33H2,1H3;2-5H,1H3,(H,9,10);3H,1-2,4H2. The Morgan fingerprint density at radius 2 is 1.79 bits per heavy atom. The minimum Gasteiger partial charge on any atom is -0.342 e. The lowest BCUT2D eigenvalue weighted by Crippen LogP contribution is -2.45. The number of para-hydroxylation sites is 2. The Kier molecular flexibility index (Phi) is 12.9. The van der Waals surface area contributed by atoms with Crippen molar-refractivity contribution in [1.82, 2.24) is 14.9 Å². The highest BCUT2D eigenvalue weighted by atomic mass is 32.1. The molecule has 1 aromatic heterocycles. The average Bonchev–Trinajstić information content (AvgIpc) is 3.59. The summed E-state index contributed by atoms with van der Waals surface area (Å²) < 4.78 is 14.2. The molecule has 1 amide bonds. The number of amides is 1. The number of H-pyrrole nitrogens is 1. The summed E-state index contributed by atoms with van der Waals surface area (Å²) >= 11 is 4.32. The van der Waals surface area contributed by atoms with Crippen molar-refractivity contribution in [3.63, 3.8) is 0 Å². The minimum atomic E-state index is -0.413. The fourth-order valence-electron chi connectivity index (χ4n) is 6.88. The van der Waals surface area contributed by atoms with Crippen molar-refractivity contribution < 1.29 is 9.18 Å². The van der Waals surface area contributed by atoms with E-state index in [9.17, 15) is 9.18 Å². The van der Waals surface area contributed by atoms with Gasteiger partial charge in [0.1, 0.15) is 11.6 Å². The zero-order valence-corrected chi connectivity index (χ0v) is 30.5. The van der Waals surface area contributed by atoms with E-state index in [4.69, 9.17) is 10.7 Å². The fraction of sp³-hybridized carbons (Fsp3) is 0.462. The molecule has 3 fully saturated rings. The molecule has 48 heavy (non-hydrogen) atoms. The third-order valence-corrected chi connectivity index (χ3v) is 11.1. The molecule has 1 aliphatic heterocycles. The summed E-state index contributed by atoms with van der Waals surface area (Å²) in [6.07, 6.45) is 11.5. The van der Waals surface area contributed by atoms with Crippen LogP contribution < -0.4 is 11.0 Å². The van der Waals surface area contributed by atoms with Crippen molar-refractivity contribution in [2.24, 2.45) is 16.6 Å². The molecule has 256 valence electrons. The van der Waals surface area contributed by atoms with Crippen LogP contribution in [0.4, 0.5) is 4.39 Å². The lowest BCUT2D eigenvalue weighted by atomic mass is 9.70. The Hall–Kier alpha value is -3.06. The first-order valence-corrected chi connectivity index (χ1v) is 18.5. The van der Waals surface area contributed by atoms with E-state index in [0.29, 0.717) is 40.8 Å². The maximum atomic E-state index is 14.2. The molecule has 3 aromatic carbocycles. The molecule has 0 radical (unpaired) electrons. The number of halogens is 1. The molecule has 3 N–H and O–H groups in total. The van der Waals surface area contributed by atoms with Crippen LogP contribution in [0, 0.1) is 18.7 Å². The van der Waals surface area contributed by atoms with Crippen LogP contribution in [0.2, 0.25) is 0 Å². The van der Waals surface area contributed by atoms with Crippen LogP contribution in [-0.4, -0.2) is 52.2 Å². The first-order chi connectivity index (χ1) is 23.2. The number of imidazole rings is 1. The number of thiol groups is 1. The van der Waals surface area contributed by atoms with Crippen LogP contribution in [0.5, 0.6) is 0 Å². The van der Waals surface area contributed by atoms with E-state index in [1.807, 2.05) is 36.1 Å². The van der Waals surface area contributed by atoms with Gasteiger partial charge in [0.15, 0.2) is 0 Å². The van der Waals surface area contributed by atoms with E-state index >= 15 is 0 Å². The van der Waals surface area contributed by atoms with E-state index < -0.39 is 5.82 Å². The first-order valence-electron chi connectivity index (χ1n) is 17.5. The third kappa shape index (κ3) is 9.55. The monoisotopic (exact) mass is 687 g/mol. The Morgan fingerprint density at radius 3 is 2.44 bits per heavy atom. The molecule has 2 atom stereocenters. The number of fused-ring (bicyclic) bond motifs is 1. The number of aryl methyl sites for hydroxylation is 1. The number of likely N-dealkylation sites (tertiary alicyclic amines) is 1. The average molecular weight is 688 g/mol. The van der Waals surface area contributed by atoms with Gasteiger partial charge in [0.25, 0.3) is 5.91 Å². The first kappa shape index (κ1) is 36.2. The predicted molar refractivity (Wildman–Crippen MR) is 203 cm³/mol. The fourth-order valence-corrected chi connectivity index (χ4v) is 7.29. The molecule has 6 nitrogen and oxygen atoms in total. The second-order valence-corrected chi connectivity index (χ2v) is 14.6. The Labute approximate surface area is 293 Å². The molecule has 0 bridgehead atoms. The van der Waals surface area contributed by atoms with Crippen LogP contribution in [0.25, 0.3) is 11.0 Å². The van der Waals surface area contributed by atoms with Crippen LogP contribution in [-0.2, 0) is 5.41 Å². The quantitative estimate of drug-likeness (QED) is 0.135. The third-order valence-electron chi connectivity index (χ3n) is 9.88. The molecule has 2 heterocycles. The van der Waals surface area contributed by atoms with Gasteiger partial charge in [0.05, 0.1) is 11.0 Å². The van der Waals surface area contributed by atoms with Gasteiger partial charge in [0, 0.05) is 52.6 Å². The molecule has 0 spiro atoms. The molecule has 9 heteroatoms. The topological polar surface area (TPSA) is 87.4 Å². The summed E-state index contributed by atoms with van der Waals surface area (Å²) in [5, 5.41) is 0.395. The number of rotatable bonds is 7. The number of piperidine rings is 1. The summed E-state index contributed by atoms with van der Waals surface area (Å²) in [4.78, 5) is 28.0. The smallest absolute Gasteiger partial charge is 0.253 e. The maximum Gasteiger partial charge on any atom is 0.253 e. The molecule has 4 aromatic rings. The normalized spacial score (nSPS) is 19.4. The van der Waals surface area contributed by atoms with Crippen LogP contribution >= 0.6 is 21.9 Å². The van der Waals surface area contributed by atoms with Crippen molar-refractivity contribution in [3.8, 4) is 0 Å². The number of benzene rings is 3. The number of aromatic nitrogens is 2. The van der Waals surface area contributed by atoms with Gasteiger partial charge in [-0.2, -0.15) is 0 Å². The molecule has 2 unspecified atom stereocenters. The number of aromatic amines is 1. The molecular weight excluding hydrogens is 637 g/mol. The Bertz CT molecular complexity index is 1620. The van der Waals surface area contributed by atoms with E-state index in [-0.39, 0.29) is 11.3 Å². The van der Waals surface area contributed by atoms with Crippen molar-refractivity contribution in [2.45, 2.75) is 94.4 Å². The lowest BCUT2D eigenvalue weighted by molar-refractivity contribution is 0.0660. The largest absolute Gasteiger partial charge is 0.342 e. The highest BCUT2D eigenvalue weighted by Gasteiger charge is 2.37. The number of nitrogens with one attached hydrogen (secondary N) is 1. The summed E-state index contributed by atoms with van der Waals surface area (Å²) in [6, 6.07) is 22.3. The Morgan fingerprint density at radius 1 is 1.10 bits per heavy atom. The molecule has 1 saturated heterocycles.